The molecule has 3 heterocycles. The van der Waals surface area contributed by atoms with E-state index in [1.165, 1.54) is 12.5 Å². The number of amides is 1. The monoisotopic (exact) mass is 296 g/mol. The highest BCUT2D eigenvalue weighted by atomic mass is 16.3. The van der Waals surface area contributed by atoms with Crippen LogP contribution in [0.5, 0.6) is 0 Å². The first-order chi connectivity index (χ1) is 10.8. The van der Waals surface area contributed by atoms with Crippen LogP contribution in [-0.4, -0.2) is 42.0 Å². The van der Waals surface area contributed by atoms with Crippen LogP contribution in [0.25, 0.3) is 0 Å². The molecular formula is C16H16N4O2. The van der Waals surface area contributed by atoms with E-state index in [1.807, 2.05) is 17.0 Å². The van der Waals surface area contributed by atoms with Gasteiger partial charge in [-0.2, -0.15) is 5.26 Å². The molecule has 112 valence electrons. The molecule has 0 unspecified atom stereocenters. The van der Waals surface area contributed by atoms with Gasteiger partial charge in [-0.1, -0.05) is 6.07 Å². The lowest BCUT2D eigenvalue weighted by Gasteiger charge is -2.22. The number of hydrogen-bond acceptors (Lipinski definition) is 5. The Balaban J connectivity index is 1.69. The van der Waals surface area contributed by atoms with E-state index in [0.717, 1.165) is 18.8 Å². The molecule has 22 heavy (non-hydrogen) atoms. The quantitative estimate of drug-likeness (QED) is 0.846. The van der Waals surface area contributed by atoms with Crippen LogP contribution in [0.1, 0.15) is 22.5 Å². The van der Waals surface area contributed by atoms with Gasteiger partial charge in [0.05, 0.1) is 11.8 Å². The third-order valence-electron chi connectivity index (χ3n) is 3.72. The summed E-state index contributed by atoms with van der Waals surface area (Å²) in [4.78, 5) is 20.6. The zero-order valence-corrected chi connectivity index (χ0v) is 12.1. The van der Waals surface area contributed by atoms with Crippen molar-refractivity contribution in [1.29, 1.82) is 5.26 Å². The Morgan fingerprint density at radius 1 is 1.23 bits per heavy atom. The summed E-state index contributed by atoms with van der Waals surface area (Å²) >= 11 is 0. The Kier molecular flexibility index (Phi) is 4.05. The Morgan fingerprint density at radius 2 is 2.14 bits per heavy atom. The number of furan rings is 1. The van der Waals surface area contributed by atoms with Crippen molar-refractivity contribution >= 4 is 11.7 Å². The molecule has 3 rings (SSSR count). The molecule has 0 N–H and O–H groups in total. The molecule has 6 heteroatoms. The number of nitriles is 1. The molecule has 1 fully saturated rings. The van der Waals surface area contributed by atoms with Crippen molar-refractivity contribution < 1.29 is 9.21 Å². The number of carbonyl (C=O) groups excluding carboxylic acids is 1. The first-order valence-corrected chi connectivity index (χ1v) is 7.21. The van der Waals surface area contributed by atoms with Gasteiger partial charge in [-0.15, -0.1) is 0 Å². The van der Waals surface area contributed by atoms with Crippen molar-refractivity contribution in [3.63, 3.8) is 0 Å². The zero-order valence-electron chi connectivity index (χ0n) is 12.1. The molecule has 6 nitrogen and oxygen atoms in total. The lowest BCUT2D eigenvalue weighted by Crippen LogP contribution is -2.35. The molecule has 1 aliphatic heterocycles. The van der Waals surface area contributed by atoms with Gasteiger partial charge in [0.2, 0.25) is 0 Å². The smallest absolute Gasteiger partial charge is 0.257 e. The third-order valence-corrected chi connectivity index (χ3v) is 3.72. The van der Waals surface area contributed by atoms with Crippen molar-refractivity contribution in [2.75, 3.05) is 31.1 Å². The largest absolute Gasteiger partial charge is 0.472 e. The van der Waals surface area contributed by atoms with E-state index in [9.17, 15) is 4.79 Å². The Labute approximate surface area is 128 Å². The van der Waals surface area contributed by atoms with E-state index in [2.05, 4.69) is 16.0 Å². The predicted molar refractivity (Wildman–Crippen MR) is 80.4 cm³/mol. The number of aromatic nitrogens is 1. The molecule has 0 radical (unpaired) electrons. The summed E-state index contributed by atoms with van der Waals surface area (Å²) in [5.41, 5.74) is 0.992. The van der Waals surface area contributed by atoms with Crippen LogP contribution >= 0.6 is 0 Å². The lowest BCUT2D eigenvalue weighted by molar-refractivity contribution is 0.0766. The normalized spacial score (nSPS) is 15.2. The molecule has 0 spiro atoms. The molecule has 0 aliphatic carbocycles. The first-order valence-electron chi connectivity index (χ1n) is 7.21. The van der Waals surface area contributed by atoms with Crippen LogP contribution < -0.4 is 4.90 Å². The summed E-state index contributed by atoms with van der Waals surface area (Å²) in [6.45, 7) is 2.85. The minimum Gasteiger partial charge on any atom is -0.472 e. The average molecular weight is 296 g/mol. The summed E-state index contributed by atoms with van der Waals surface area (Å²) < 4.78 is 4.98. The minimum absolute atomic E-state index is 0.00525. The van der Waals surface area contributed by atoms with Crippen molar-refractivity contribution in [2.24, 2.45) is 0 Å². The highest BCUT2D eigenvalue weighted by Crippen LogP contribution is 2.15. The minimum atomic E-state index is -0.00525. The van der Waals surface area contributed by atoms with Crippen molar-refractivity contribution in [2.45, 2.75) is 6.42 Å². The standard InChI is InChI=1S/C16H16N4O2/c17-11-14-3-1-4-15(18-14)19-6-2-7-20(9-8-19)16(21)13-5-10-22-12-13/h1,3-5,10,12H,2,6-9H2. The number of rotatable bonds is 2. The fourth-order valence-corrected chi connectivity index (χ4v) is 2.58. The van der Waals surface area contributed by atoms with Crippen molar-refractivity contribution in [3.8, 4) is 6.07 Å². The third kappa shape index (κ3) is 2.93. The van der Waals surface area contributed by atoms with Gasteiger partial charge in [-0.25, -0.2) is 4.98 Å². The van der Waals surface area contributed by atoms with Gasteiger partial charge in [0.15, 0.2) is 0 Å². The molecule has 1 aliphatic rings. The lowest BCUT2D eigenvalue weighted by atomic mass is 10.3. The molecule has 2 aromatic rings. The second-order valence-corrected chi connectivity index (χ2v) is 5.14. The number of carbonyl (C=O) groups is 1. The van der Waals surface area contributed by atoms with Crippen LogP contribution in [0, 0.1) is 11.3 Å². The number of anilines is 1. The summed E-state index contributed by atoms with van der Waals surface area (Å²) in [5.74, 6) is 0.783. The molecule has 0 bridgehead atoms. The topological polar surface area (TPSA) is 73.4 Å². The maximum Gasteiger partial charge on any atom is 0.257 e. The molecule has 0 aromatic carbocycles. The molecule has 0 saturated carbocycles. The molecular weight excluding hydrogens is 280 g/mol. The first kappa shape index (κ1) is 14.1. The van der Waals surface area contributed by atoms with Crippen LogP contribution in [0.2, 0.25) is 0 Å². The van der Waals surface area contributed by atoms with E-state index >= 15 is 0 Å². The Hall–Kier alpha value is -2.81. The summed E-state index contributed by atoms with van der Waals surface area (Å²) in [6, 6.07) is 9.16. The number of pyridine rings is 1. The summed E-state index contributed by atoms with van der Waals surface area (Å²) in [5, 5.41) is 8.94. The zero-order chi connectivity index (χ0) is 15.4. The van der Waals surface area contributed by atoms with Crippen LogP contribution in [0.15, 0.2) is 41.2 Å². The van der Waals surface area contributed by atoms with E-state index in [1.54, 1.807) is 12.1 Å². The van der Waals surface area contributed by atoms with Crippen LogP contribution in [-0.2, 0) is 0 Å². The molecule has 0 atom stereocenters. The highest BCUT2D eigenvalue weighted by Gasteiger charge is 2.21. The van der Waals surface area contributed by atoms with Gasteiger partial charge in [0, 0.05) is 26.2 Å². The van der Waals surface area contributed by atoms with Crippen LogP contribution in [0.4, 0.5) is 5.82 Å². The van der Waals surface area contributed by atoms with Gasteiger partial charge >= 0.3 is 0 Å². The predicted octanol–water partition coefficient (Wildman–Crippen LogP) is 1.90. The fraction of sp³-hybridized carbons (Fsp3) is 0.312. The molecule has 1 saturated heterocycles. The number of hydrogen-bond donors (Lipinski definition) is 0. The van der Waals surface area contributed by atoms with Gasteiger partial charge < -0.3 is 14.2 Å². The number of nitrogens with zero attached hydrogens (tertiary/aromatic N) is 4. The Morgan fingerprint density at radius 3 is 2.91 bits per heavy atom. The van der Waals surface area contributed by atoms with Crippen molar-refractivity contribution in [1.82, 2.24) is 9.88 Å². The van der Waals surface area contributed by atoms with Gasteiger partial charge in [-0.3, -0.25) is 4.79 Å². The highest BCUT2D eigenvalue weighted by molar-refractivity contribution is 5.93. The van der Waals surface area contributed by atoms with E-state index in [4.69, 9.17) is 9.68 Å². The van der Waals surface area contributed by atoms with Gasteiger partial charge in [0.25, 0.3) is 5.91 Å². The second kappa shape index (κ2) is 6.31. The van der Waals surface area contributed by atoms with E-state index in [0.29, 0.717) is 30.9 Å². The fourth-order valence-electron chi connectivity index (χ4n) is 2.58. The van der Waals surface area contributed by atoms with Crippen LogP contribution in [0.3, 0.4) is 0 Å². The Bertz CT molecular complexity index is 690. The SMILES string of the molecule is N#Cc1cccc(N2CCCN(C(=O)c3ccoc3)CC2)n1. The van der Waals surface area contributed by atoms with Gasteiger partial charge in [0.1, 0.15) is 23.8 Å². The maximum absolute atomic E-state index is 12.3. The maximum atomic E-state index is 12.3. The summed E-state index contributed by atoms with van der Waals surface area (Å²) in [7, 11) is 0. The van der Waals surface area contributed by atoms with Crippen molar-refractivity contribution in [3.05, 3.63) is 48.0 Å². The average Bonchev–Trinajstić information content (AvgIpc) is 2.98. The summed E-state index contributed by atoms with van der Waals surface area (Å²) in [6.07, 6.45) is 3.85. The molecule has 2 aromatic heterocycles. The van der Waals surface area contributed by atoms with E-state index < -0.39 is 0 Å². The van der Waals surface area contributed by atoms with Gasteiger partial charge in [-0.05, 0) is 24.6 Å². The van der Waals surface area contributed by atoms with E-state index in [-0.39, 0.29) is 5.91 Å². The second-order valence-electron chi connectivity index (χ2n) is 5.14. The molecule has 1 amide bonds.